The van der Waals surface area contributed by atoms with Gasteiger partial charge in [0.15, 0.2) is 0 Å². The van der Waals surface area contributed by atoms with E-state index in [1.807, 2.05) is 0 Å². The van der Waals surface area contributed by atoms with Crippen molar-refractivity contribution in [2.75, 3.05) is 5.75 Å². The number of primary amides is 1. The summed E-state index contributed by atoms with van der Waals surface area (Å²) in [6.07, 6.45) is 0.486. The Hall–Kier alpha value is -1.60. The fraction of sp³-hybridized carbons (Fsp3) is 0.385. The van der Waals surface area contributed by atoms with E-state index < -0.39 is 17.9 Å². The molecule has 1 heterocycles. The number of nitrogens with two attached hydrogens (primary N) is 2. The number of carbonyl (C=O) groups excluding carboxylic acids is 2. The lowest BCUT2D eigenvalue weighted by molar-refractivity contribution is -0.126. The third kappa shape index (κ3) is 3.49. The molecule has 0 bridgehead atoms. The van der Waals surface area contributed by atoms with Crippen LogP contribution < -0.4 is 16.8 Å². The summed E-state index contributed by atoms with van der Waals surface area (Å²) < 4.78 is 13.3. The lowest BCUT2D eigenvalue weighted by atomic mass is 10.0. The van der Waals surface area contributed by atoms with E-state index in [1.165, 1.54) is 12.1 Å². The Morgan fingerprint density at radius 3 is 2.95 bits per heavy atom. The van der Waals surface area contributed by atoms with Gasteiger partial charge in [0.2, 0.25) is 11.8 Å². The van der Waals surface area contributed by atoms with E-state index in [4.69, 9.17) is 11.5 Å². The van der Waals surface area contributed by atoms with Gasteiger partial charge in [-0.3, -0.25) is 9.59 Å². The van der Waals surface area contributed by atoms with E-state index >= 15 is 0 Å². The molecule has 2 rings (SSSR count). The minimum Gasteiger partial charge on any atom is -0.370 e. The molecule has 0 radical (unpaired) electrons. The molecule has 0 saturated heterocycles. The SMILES string of the molecule is NC(=O)CC(N)C(=O)NC1CCSc2ccc(F)cc21. The van der Waals surface area contributed by atoms with E-state index in [0.29, 0.717) is 6.42 Å². The maximum absolute atomic E-state index is 13.3. The van der Waals surface area contributed by atoms with Gasteiger partial charge in [0.05, 0.1) is 18.5 Å². The number of fused-ring (bicyclic) bond motifs is 1. The zero-order valence-corrected chi connectivity index (χ0v) is 11.6. The van der Waals surface area contributed by atoms with Gasteiger partial charge in [-0.1, -0.05) is 0 Å². The van der Waals surface area contributed by atoms with Crippen LogP contribution >= 0.6 is 11.8 Å². The normalized spacial score (nSPS) is 19.0. The lowest BCUT2D eigenvalue weighted by Gasteiger charge is -2.27. The highest BCUT2D eigenvalue weighted by molar-refractivity contribution is 7.99. The highest BCUT2D eigenvalue weighted by Crippen LogP contribution is 2.36. The molecule has 0 aromatic heterocycles. The zero-order chi connectivity index (χ0) is 14.7. The Morgan fingerprint density at radius 2 is 2.25 bits per heavy atom. The molecule has 0 spiro atoms. The van der Waals surface area contributed by atoms with Crippen LogP contribution in [0, 0.1) is 5.82 Å². The molecule has 2 unspecified atom stereocenters. The van der Waals surface area contributed by atoms with E-state index in [9.17, 15) is 14.0 Å². The Labute approximate surface area is 120 Å². The number of carbonyl (C=O) groups is 2. The van der Waals surface area contributed by atoms with Gasteiger partial charge in [-0.15, -0.1) is 11.8 Å². The van der Waals surface area contributed by atoms with Crippen LogP contribution in [-0.2, 0) is 9.59 Å². The highest BCUT2D eigenvalue weighted by atomic mass is 32.2. The maximum Gasteiger partial charge on any atom is 0.237 e. The van der Waals surface area contributed by atoms with Crippen molar-refractivity contribution < 1.29 is 14.0 Å². The number of benzene rings is 1. The average molecular weight is 297 g/mol. The fourth-order valence-corrected chi connectivity index (χ4v) is 3.21. The molecule has 0 fully saturated rings. The van der Waals surface area contributed by atoms with E-state index in [1.54, 1.807) is 17.8 Å². The smallest absolute Gasteiger partial charge is 0.237 e. The molecule has 108 valence electrons. The Morgan fingerprint density at radius 1 is 1.50 bits per heavy atom. The summed E-state index contributed by atoms with van der Waals surface area (Å²) >= 11 is 1.62. The molecular weight excluding hydrogens is 281 g/mol. The van der Waals surface area contributed by atoms with E-state index in [-0.39, 0.29) is 18.3 Å². The largest absolute Gasteiger partial charge is 0.370 e. The predicted octanol–water partition coefficient (Wildman–Crippen LogP) is 0.681. The van der Waals surface area contributed by atoms with Crippen LogP contribution in [0.25, 0.3) is 0 Å². The maximum atomic E-state index is 13.3. The van der Waals surface area contributed by atoms with Gasteiger partial charge in [-0.2, -0.15) is 0 Å². The number of rotatable bonds is 4. The van der Waals surface area contributed by atoms with Gasteiger partial charge in [-0.25, -0.2) is 4.39 Å². The standard InChI is InChI=1S/C13H16FN3O2S/c14-7-1-2-11-8(5-7)10(3-4-20-11)17-13(19)9(15)6-12(16)18/h1-2,5,9-10H,3-4,6,15H2,(H2,16,18)(H,17,19). The van der Waals surface area contributed by atoms with Crippen LogP contribution in [0.15, 0.2) is 23.1 Å². The average Bonchev–Trinajstić information content (AvgIpc) is 2.38. The quantitative estimate of drug-likeness (QED) is 0.761. The summed E-state index contributed by atoms with van der Waals surface area (Å²) in [6.45, 7) is 0. The molecule has 5 N–H and O–H groups in total. The van der Waals surface area contributed by atoms with Crippen molar-refractivity contribution in [3.63, 3.8) is 0 Å². The summed E-state index contributed by atoms with van der Waals surface area (Å²) in [6, 6.07) is 3.27. The van der Waals surface area contributed by atoms with Crippen molar-refractivity contribution >= 4 is 23.6 Å². The zero-order valence-electron chi connectivity index (χ0n) is 10.8. The second-order valence-electron chi connectivity index (χ2n) is 4.66. The van der Waals surface area contributed by atoms with Crippen LogP contribution in [0.1, 0.15) is 24.4 Å². The topological polar surface area (TPSA) is 98.2 Å². The molecule has 0 saturated carbocycles. The third-order valence-corrected chi connectivity index (χ3v) is 4.21. The summed E-state index contributed by atoms with van der Waals surface area (Å²) in [7, 11) is 0. The first kappa shape index (κ1) is 14.8. The number of thioether (sulfide) groups is 1. The summed E-state index contributed by atoms with van der Waals surface area (Å²) in [4.78, 5) is 23.6. The Kier molecular flexibility index (Phi) is 4.61. The number of nitrogens with one attached hydrogen (secondary N) is 1. The molecule has 1 aromatic rings. The van der Waals surface area contributed by atoms with Crippen LogP contribution in [0.2, 0.25) is 0 Å². The Balaban J connectivity index is 2.10. The first-order chi connectivity index (χ1) is 9.47. The van der Waals surface area contributed by atoms with Crippen LogP contribution in [0.5, 0.6) is 0 Å². The number of hydrogen-bond donors (Lipinski definition) is 3. The van der Waals surface area contributed by atoms with Crippen LogP contribution in [-0.4, -0.2) is 23.6 Å². The number of hydrogen-bond acceptors (Lipinski definition) is 4. The minimum absolute atomic E-state index is 0.205. The molecule has 5 nitrogen and oxygen atoms in total. The van der Waals surface area contributed by atoms with Crippen LogP contribution in [0.3, 0.4) is 0 Å². The van der Waals surface area contributed by atoms with Gasteiger partial charge in [0.25, 0.3) is 0 Å². The first-order valence-corrected chi connectivity index (χ1v) is 7.22. The van der Waals surface area contributed by atoms with Gasteiger partial charge >= 0.3 is 0 Å². The summed E-state index contributed by atoms with van der Waals surface area (Å²) in [5.41, 5.74) is 11.4. The lowest BCUT2D eigenvalue weighted by Crippen LogP contribution is -2.44. The second kappa shape index (κ2) is 6.23. The molecule has 7 heteroatoms. The van der Waals surface area contributed by atoms with E-state index in [2.05, 4.69) is 5.32 Å². The number of halogens is 1. The monoisotopic (exact) mass is 297 g/mol. The van der Waals surface area contributed by atoms with Gasteiger partial charge in [0.1, 0.15) is 5.82 Å². The van der Waals surface area contributed by atoms with E-state index in [0.717, 1.165) is 16.2 Å². The van der Waals surface area contributed by atoms with Crippen molar-refractivity contribution in [1.29, 1.82) is 0 Å². The van der Waals surface area contributed by atoms with Crippen LogP contribution in [0.4, 0.5) is 4.39 Å². The molecule has 1 aliphatic heterocycles. The molecule has 1 aromatic carbocycles. The molecule has 1 aliphatic rings. The van der Waals surface area contributed by atoms with Gasteiger partial charge in [0, 0.05) is 10.6 Å². The molecular formula is C13H16FN3O2S. The fourth-order valence-electron chi connectivity index (χ4n) is 2.10. The van der Waals surface area contributed by atoms with Crippen molar-refractivity contribution in [2.45, 2.75) is 29.8 Å². The van der Waals surface area contributed by atoms with Crippen molar-refractivity contribution in [3.8, 4) is 0 Å². The molecule has 20 heavy (non-hydrogen) atoms. The minimum atomic E-state index is -0.973. The van der Waals surface area contributed by atoms with Crippen molar-refractivity contribution in [2.24, 2.45) is 11.5 Å². The highest BCUT2D eigenvalue weighted by Gasteiger charge is 2.25. The molecule has 2 atom stereocenters. The van der Waals surface area contributed by atoms with Gasteiger partial charge < -0.3 is 16.8 Å². The Bertz CT molecular complexity index is 538. The first-order valence-electron chi connectivity index (χ1n) is 6.24. The summed E-state index contributed by atoms with van der Waals surface area (Å²) in [5.74, 6) is -0.588. The number of amides is 2. The van der Waals surface area contributed by atoms with Crippen molar-refractivity contribution in [3.05, 3.63) is 29.6 Å². The third-order valence-electron chi connectivity index (χ3n) is 3.09. The van der Waals surface area contributed by atoms with Gasteiger partial charge in [-0.05, 0) is 30.2 Å². The van der Waals surface area contributed by atoms with Crippen molar-refractivity contribution in [1.82, 2.24) is 5.32 Å². The predicted molar refractivity (Wildman–Crippen MR) is 74.4 cm³/mol. The second-order valence-corrected chi connectivity index (χ2v) is 5.79. The molecule has 0 aliphatic carbocycles. The summed E-state index contributed by atoms with van der Waals surface area (Å²) in [5, 5.41) is 2.76. The molecule has 2 amide bonds.